The van der Waals surface area contributed by atoms with Crippen molar-refractivity contribution in [3.8, 4) is 0 Å². The molecule has 1 heterocycles. The highest BCUT2D eigenvalue weighted by atomic mass is 79.9. The Hall–Kier alpha value is -2.73. The van der Waals surface area contributed by atoms with E-state index in [9.17, 15) is 9.18 Å². The van der Waals surface area contributed by atoms with Crippen molar-refractivity contribution in [1.29, 1.82) is 0 Å². The average Bonchev–Trinajstić information content (AvgIpc) is 2.59. The molecule has 0 unspecified atom stereocenters. The van der Waals surface area contributed by atoms with Crippen LogP contribution >= 0.6 is 15.9 Å². The lowest BCUT2D eigenvalue weighted by Gasteiger charge is -2.09. The van der Waals surface area contributed by atoms with E-state index < -0.39 is 0 Å². The van der Waals surface area contributed by atoms with Gasteiger partial charge in [-0.2, -0.15) is 0 Å². The summed E-state index contributed by atoms with van der Waals surface area (Å²) in [6.07, 6.45) is 1.50. The summed E-state index contributed by atoms with van der Waals surface area (Å²) in [6.45, 7) is 0. The zero-order valence-electron chi connectivity index (χ0n) is 12.5. The molecule has 0 spiro atoms. The summed E-state index contributed by atoms with van der Waals surface area (Å²) >= 11 is 3.38. The maximum Gasteiger partial charge on any atom is 0.255 e. The van der Waals surface area contributed by atoms with Gasteiger partial charge >= 0.3 is 0 Å². The van der Waals surface area contributed by atoms with E-state index in [0.717, 1.165) is 4.47 Å². The van der Waals surface area contributed by atoms with Gasteiger partial charge in [-0.15, -0.1) is 0 Å². The molecule has 24 heavy (non-hydrogen) atoms. The molecule has 6 heteroatoms. The van der Waals surface area contributed by atoms with Crippen molar-refractivity contribution in [1.82, 2.24) is 4.98 Å². The van der Waals surface area contributed by atoms with Crippen LogP contribution in [0, 0.1) is 5.82 Å². The van der Waals surface area contributed by atoms with E-state index in [0.29, 0.717) is 22.8 Å². The minimum Gasteiger partial charge on any atom is -0.338 e. The molecule has 3 aromatic rings. The van der Waals surface area contributed by atoms with Crippen LogP contribution in [0.25, 0.3) is 0 Å². The summed E-state index contributed by atoms with van der Waals surface area (Å²) in [7, 11) is 0. The largest absolute Gasteiger partial charge is 0.338 e. The number of hydrogen-bond acceptors (Lipinski definition) is 3. The molecule has 0 saturated heterocycles. The topological polar surface area (TPSA) is 54.0 Å². The van der Waals surface area contributed by atoms with Gasteiger partial charge in [0.2, 0.25) is 0 Å². The Kier molecular flexibility index (Phi) is 4.86. The van der Waals surface area contributed by atoms with Gasteiger partial charge in [-0.25, -0.2) is 9.37 Å². The van der Waals surface area contributed by atoms with Gasteiger partial charge in [-0.1, -0.05) is 24.3 Å². The Morgan fingerprint density at radius 1 is 1.00 bits per heavy atom. The Labute approximate surface area is 146 Å². The minimum atomic E-state index is -0.387. The van der Waals surface area contributed by atoms with Crippen LogP contribution in [0.3, 0.4) is 0 Å². The number of carbonyl (C=O) groups excluding carboxylic acids is 1. The second-order valence-corrected chi connectivity index (χ2v) is 5.82. The molecule has 0 fully saturated rings. The van der Waals surface area contributed by atoms with Crippen LogP contribution in [0.1, 0.15) is 10.4 Å². The molecule has 0 aliphatic carbocycles. The normalized spacial score (nSPS) is 10.2. The van der Waals surface area contributed by atoms with E-state index in [-0.39, 0.29) is 11.7 Å². The van der Waals surface area contributed by atoms with E-state index in [1.165, 1.54) is 12.3 Å². The highest BCUT2D eigenvalue weighted by Crippen LogP contribution is 2.23. The zero-order chi connectivity index (χ0) is 16.9. The molecule has 0 aliphatic heterocycles. The van der Waals surface area contributed by atoms with Gasteiger partial charge in [0, 0.05) is 16.2 Å². The van der Waals surface area contributed by atoms with Crippen molar-refractivity contribution < 1.29 is 9.18 Å². The Morgan fingerprint density at radius 3 is 2.46 bits per heavy atom. The predicted octanol–water partition coefficient (Wildman–Crippen LogP) is 4.98. The van der Waals surface area contributed by atoms with Crippen molar-refractivity contribution in [2.24, 2.45) is 0 Å². The van der Waals surface area contributed by atoms with E-state index in [1.807, 2.05) is 18.2 Å². The number of rotatable bonds is 4. The number of benzene rings is 2. The first-order chi connectivity index (χ1) is 11.6. The maximum atomic E-state index is 13.7. The fraction of sp³-hybridized carbons (Fsp3) is 0. The second kappa shape index (κ2) is 7.23. The summed E-state index contributed by atoms with van der Waals surface area (Å²) in [4.78, 5) is 16.5. The van der Waals surface area contributed by atoms with E-state index in [4.69, 9.17) is 0 Å². The number of carbonyl (C=O) groups is 1. The van der Waals surface area contributed by atoms with Crippen molar-refractivity contribution in [3.05, 3.63) is 82.7 Å². The van der Waals surface area contributed by atoms with Crippen molar-refractivity contribution >= 4 is 39.0 Å². The highest BCUT2D eigenvalue weighted by molar-refractivity contribution is 9.10. The van der Waals surface area contributed by atoms with E-state index in [2.05, 4.69) is 31.5 Å². The molecule has 2 N–H and O–H groups in total. The summed E-state index contributed by atoms with van der Waals surface area (Å²) in [5, 5.41) is 5.68. The van der Waals surface area contributed by atoms with Crippen molar-refractivity contribution in [2.45, 2.75) is 0 Å². The Balaban J connectivity index is 1.79. The van der Waals surface area contributed by atoms with Gasteiger partial charge in [0.25, 0.3) is 5.91 Å². The van der Waals surface area contributed by atoms with E-state index in [1.54, 1.807) is 36.4 Å². The summed E-state index contributed by atoms with van der Waals surface area (Å²) < 4.78 is 14.5. The average molecular weight is 386 g/mol. The third-order valence-corrected chi connectivity index (χ3v) is 3.97. The number of anilines is 3. The maximum absolute atomic E-state index is 13.7. The minimum absolute atomic E-state index is 0.277. The SMILES string of the molecule is O=C(Nc1ccccc1Br)c1ccnc(Nc2ccccc2F)c1. The fourth-order valence-electron chi connectivity index (χ4n) is 2.10. The third kappa shape index (κ3) is 3.78. The summed E-state index contributed by atoms with van der Waals surface area (Å²) in [5.74, 6) is -0.275. The van der Waals surface area contributed by atoms with Crippen LogP contribution in [0.4, 0.5) is 21.6 Å². The molecule has 0 bridgehead atoms. The van der Waals surface area contributed by atoms with Crippen LogP contribution in [0.2, 0.25) is 0 Å². The number of hydrogen-bond donors (Lipinski definition) is 2. The van der Waals surface area contributed by atoms with Gasteiger partial charge in [-0.05, 0) is 52.3 Å². The zero-order valence-corrected chi connectivity index (χ0v) is 14.0. The standard InChI is InChI=1S/C18H13BrFN3O/c19-13-5-1-3-7-15(13)23-18(24)12-9-10-21-17(11-12)22-16-8-4-2-6-14(16)20/h1-11H,(H,21,22)(H,23,24). The van der Waals surface area contributed by atoms with Crippen molar-refractivity contribution in [2.75, 3.05) is 10.6 Å². The lowest BCUT2D eigenvalue weighted by Crippen LogP contribution is -2.12. The number of para-hydroxylation sites is 2. The lowest BCUT2D eigenvalue weighted by atomic mass is 10.2. The molecule has 0 saturated carbocycles. The summed E-state index contributed by atoms with van der Waals surface area (Å²) in [5.41, 5.74) is 1.39. The van der Waals surface area contributed by atoms with Gasteiger partial charge in [-0.3, -0.25) is 4.79 Å². The molecule has 120 valence electrons. The van der Waals surface area contributed by atoms with Gasteiger partial charge < -0.3 is 10.6 Å². The van der Waals surface area contributed by atoms with Gasteiger partial charge in [0.15, 0.2) is 0 Å². The number of pyridine rings is 1. The molecule has 3 rings (SSSR count). The molecule has 4 nitrogen and oxygen atoms in total. The number of amides is 1. The van der Waals surface area contributed by atoms with Gasteiger partial charge in [0.05, 0.1) is 11.4 Å². The first kappa shape index (κ1) is 16.1. The highest BCUT2D eigenvalue weighted by Gasteiger charge is 2.10. The smallest absolute Gasteiger partial charge is 0.255 e. The fourth-order valence-corrected chi connectivity index (χ4v) is 2.48. The summed E-state index contributed by atoms with van der Waals surface area (Å²) in [6, 6.07) is 16.8. The number of aromatic nitrogens is 1. The molecule has 1 amide bonds. The number of nitrogens with zero attached hydrogens (tertiary/aromatic N) is 1. The van der Waals surface area contributed by atoms with Crippen LogP contribution in [-0.2, 0) is 0 Å². The predicted molar refractivity (Wildman–Crippen MR) is 96.0 cm³/mol. The van der Waals surface area contributed by atoms with Crippen LogP contribution in [0.5, 0.6) is 0 Å². The molecule has 2 aromatic carbocycles. The Morgan fingerprint density at radius 2 is 1.71 bits per heavy atom. The molecule has 1 aromatic heterocycles. The van der Waals surface area contributed by atoms with Gasteiger partial charge in [0.1, 0.15) is 11.6 Å². The monoisotopic (exact) mass is 385 g/mol. The lowest BCUT2D eigenvalue weighted by molar-refractivity contribution is 0.102. The molecular formula is C18H13BrFN3O. The molecule has 0 aliphatic rings. The number of nitrogens with one attached hydrogen (secondary N) is 2. The first-order valence-corrected chi connectivity index (χ1v) is 7.96. The molecule has 0 atom stereocenters. The number of halogens is 2. The Bertz CT molecular complexity index is 885. The van der Waals surface area contributed by atoms with E-state index >= 15 is 0 Å². The molecular weight excluding hydrogens is 373 g/mol. The van der Waals surface area contributed by atoms with Crippen LogP contribution in [0.15, 0.2) is 71.3 Å². The first-order valence-electron chi connectivity index (χ1n) is 7.17. The van der Waals surface area contributed by atoms with Crippen molar-refractivity contribution in [3.63, 3.8) is 0 Å². The quantitative estimate of drug-likeness (QED) is 0.665. The second-order valence-electron chi connectivity index (χ2n) is 4.97. The third-order valence-electron chi connectivity index (χ3n) is 3.28. The van der Waals surface area contributed by atoms with Crippen LogP contribution in [-0.4, -0.2) is 10.9 Å². The van der Waals surface area contributed by atoms with Crippen LogP contribution < -0.4 is 10.6 Å². The molecule has 0 radical (unpaired) electrons.